The van der Waals surface area contributed by atoms with Crippen molar-refractivity contribution in [3.63, 3.8) is 0 Å². The molecule has 0 bridgehead atoms. The summed E-state index contributed by atoms with van der Waals surface area (Å²) in [6.07, 6.45) is 7.42. The molecule has 0 saturated heterocycles. The van der Waals surface area contributed by atoms with Crippen molar-refractivity contribution in [2.75, 3.05) is 6.54 Å². The molecule has 1 aliphatic carbocycles. The van der Waals surface area contributed by atoms with Crippen LogP contribution in [0.5, 0.6) is 0 Å². The highest BCUT2D eigenvalue weighted by atomic mass is 16.2. The van der Waals surface area contributed by atoms with Crippen molar-refractivity contribution in [2.24, 2.45) is 5.73 Å². The van der Waals surface area contributed by atoms with Crippen LogP contribution in [0.4, 0.5) is 0 Å². The molecule has 1 amide bonds. The Balaban J connectivity index is 2.46. The highest BCUT2D eigenvalue weighted by Crippen LogP contribution is 2.22. The number of rotatable bonds is 5. The maximum Gasteiger partial charge on any atom is 0.223 e. The third kappa shape index (κ3) is 3.63. The first-order valence-electron chi connectivity index (χ1n) is 6.35. The first kappa shape index (κ1) is 13.2. The fourth-order valence-corrected chi connectivity index (χ4v) is 2.42. The summed E-state index contributed by atoms with van der Waals surface area (Å²) in [6.45, 7) is 6.52. The normalized spacial score (nSPS) is 25.1. The maximum absolute atomic E-state index is 12.0. The molecule has 2 N–H and O–H groups in total. The Bertz CT molecular complexity index is 232. The van der Waals surface area contributed by atoms with Crippen LogP contribution in [0.3, 0.4) is 0 Å². The van der Waals surface area contributed by atoms with Crippen molar-refractivity contribution in [2.45, 2.75) is 57.5 Å². The fraction of sp³-hybridized carbons (Fsp3) is 0.769. The molecule has 0 aliphatic heterocycles. The second-order valence-corrected chi connectivity index (χ2v) is 4.58. The van der Waals surface area contributed by atoms with E-state index in [1.807, 2.05) is 11.0 Å². The number of amides is 1. The number of nitrogens with zero attached hydrogens (tertiary/aromatic N) is 1. The molecule has 1 aliphatic rings. The number of hydrogen-bond acceptors (Lipinski definition) is 2. The maximum atomic E-state index is 12.0. The van der Waals surface area contributed by atoms with Gasteiger partial charge in [-0.05, 0) is 39.0 Å². The minimum atomic E-state index is 0.267. The van der Waals surface area contributed by atoms with Gasteiger partial charge >= 0.3 is 0 Å². The number of allylic oxidation sites excluding steroid dienone is 1. The van der Waals surface area contributed by atoms with E-state index in [1.165, 1.54) is 0 Å². The van der Waals surface area contributed by atoms with Gasteiger partial charge in [-0.2, -0.15) is 0 Å². The molecule has 1 rings (SSSR count). The van der Waals surface area contributed by atoms with E-state index in [-0.39, 0.29) is 5.91 Å². The summed E-state index contributed by atoms with van der Waals surface area (Å²) in [4.78, 5) is 14.0. The van der Waals surface area contributed by atoms with Gasteiger partial charge in [-0.25, -0.2) is 0 Å². The largest absolute Gasteiger partial charge is 0.340 e. The lowest BCUT2D eigenvalue weighted by Gasteiger charge is -2.35. The zero-order valence-corrected chi connectivity index (χ0v) is 10.3. The van der Waals surface area contributed by atoms with Crippen LogP contribution < -0.4 is 5.73 Å². The molecule has 0 aromatic carbocycles. The molecular formula is C13H24N2O. The lowest BCUT2D eigenvalue weighted by molar-refractivity contribution is -0.133. The third-order valence-electron chi connectivity index (χ3n) is 3.41. The minimum Gasteiger partial charge on any atom is -0.340 e. The molecule has 92 valence electrons. The van der Waals surface area contributed by atoms with E-state index in [0.29, 0.717) is 18.5 Å². The van der Waals surface area contributed by atoms with Crippen molar-refractivity contribution in [1.82, 2.24) is 4.90 Å². The quantitative estimate of drug-likeness (QED) is 0.727. The summed E-state index contributed by atoms with van der Waals surface area (Å²) in [5.41, 5.74) is 5.88. The van der Waals surface area contributed by atoms with Crippen LogP contribution in [0.2, 0.25) is 0 Å². The Hall–Kier alpha value is -0.830. The summed E-state index contributed by atoms with van der Waals surface area (Å²) in [7, 11) is 0. The number of carbonyl (C=O) groups excluding carboxylic acids is 1. The van der Waals surface area contributed by atoms with Crippen LogP contribution in [0, 0.1) is 0 Å². The molecule has 1 saturated carbocycles. The van der Waals surface area contributed by atoms with Crippen molar-refractivity contribution in [3.8, 4) is 0 Å². The molecule has 3 heteroatoms. The predicted molar refractivity (Wildman–Crippen MR) is 67.0 cm³/mol. The molecule has 1 fully saturated rings. The predicted octanol–water partition coefficient (Wildman–Crippen LogP) is 2.07. The molecule has 0 aromatic heterocycles. The number of nitrogens with two attached hydrogens (primary N) is 1. The molecule has 0 aromatic rings. The zero-order chi connectivity index (χ0) is 12.0. The standard InChI is InChI=1S/C13H24N2O/c1-3-5-6-13(16)15(4-2)12-9-7-11(14)8-10-12/h3,11-12H,1,4-10,14H2,2H3. The molecule has 0 spiro atoms. The van der Waals surface area contributed by atoms with Gasteiger partial charge in [0.15, 0.2) is 0 Å². The number of hydrogen-bond donors (Lipinski definition) is 1. The zero-order valence-electron chi connectivity index (χ0n) is 10.3. The lowest BCUT2D eigenvalue weighted by atomic mass is 9.90. The van der Waals surface area contributed by atoms with Crippen molar-refractivity contribution < 1.29 is 4.79 Å². The molecule has 0 unspecified atom stereocenters. The summed E-state index contributed by atoms with van der Waals surface area (Å²) in [6, 6.07) is 0.764. The van der Waals surface area contributed by atoms with Crippen molar-refractivity contribution in [1.29, 1.82) is 0 Å². The van der Waals surface area contributed by atoms with Gasteiger partial charge in [0.05, 0.1) is 0 Å². The van der Waals surface area contributed by atoms with Gasteiger partial charge in [0, 0.05) is 25.0 Å². The SMILES string of the molecule is C=CCCC(=O)N(CC)C1CCC(N)CC1. The average Bonchev–Trinajstić information content (AvgIpc) is 2.30. The molecule has 3 nitrogen and oxygen atoms in total. The third-order valence-corrected chi connectivity index (χ3v) is 3.41. The Labute approximate surface area is 98.7 Å². The second kappa shape index (κ2) is 6.69. The summed E-state index contributed by atoms with van der Waals surface area (Å²) >= 11 is 0. The van der Waals surface area contributed by atoms with Gasteiger partial charge < -0.3 is 10.6 Å². The van der Waals surface area contributed by atoms with E-state index < -0.39 is 0 Å². The van der Waals surface area contributed by atoms with Crippen LogP contribution in [-0.4, -0.2) is 29.4 Å². The first-order valence-corrected chi connectivity index (χ1v) is 6.35. The van der Waals surface area contributed by atoms with Gasteiger partial charge in [0.1, 0.15) is 0 Å². The molecule has 16 heavy (non-hydrogen) atoms. The van der Waals surface area contributed by atoms with Gasteiger partial charge in [-0.1, -0.05) is 6.08 Å². The first-order chi connectivity index (χ1) is 7.69. The Morgan fingerprint density at radius 1 is 1.44 bits per heavy atom. The van der Waals surface area contributed by atoms with Crippen molar-refractivity contribution in [3.05, 3.63) is 12.7 Å². The smallest absolute Gasteiger partial charge is 0.223 e. The summed E-state index contributed by atoms with van der Waals surface area (Å²) in [5, 5.41) is 0. The topological polar surface area (TPSA) is 46.3 Å². The Morgan fingerprint density at radius 3 is 2.56 bits per heavy atom. The molecule has 0 heterocycles. The highest BCUT2D eigenvalue weighted by molar-refractivity contribution is 5.76. The lowest BCUT2D eigenvalue weighted by Crippen LogP contribution is -2.44. The molecule has 0 radical (unpaired) electrons. The van der Waals surface area contributed by atoms with Crippen LogP contribution in [0.25, 0.3) is 0 Å². The monoisotopic (exact) mass is 224 g/mol. The minimum absolute atomic E-state index is 0.267. The highest BCUT2D eigenvalue weighted by Gasteiger charge is 2.25. The van der Waals surface area contributed by atoms with Gasteiger partial charge in [0.2, 0.25) is 5.91 Å². The second-order valence-electron chi connectivity index (χ2n) is 4.58. The molecular weight excluding hydrogens is 200 g/mol. The van der Waals surface area contributed by atoms with Crippen LogP contribution in [0.15, 0.2) is 12.7 Å². The summed E-state index contributed by atoms with van der Waals surface area (Å²) < 4.78 is 0. The Morgan fingerprint density at radius 2 is 2.06 bits per heavy atom. The van der Waals surface area contributed by atoms with E-state index in [4.69, 9.17) is 5.73 Å². The molecule has 0 atom stereocenters. The van der Waals surface area contributed by atoms with E-state index in [2.05, 4.69) is 13.5 Å². The van der Waals surface area contributed by atoms with Crippen LogP contribution in [-0.2, 0) is 4.79 Å². The number of carbonyl (C=O) groups is 1. The van der Waals surface area contributed by atoms with E-state index >= 15 is 0 Å². The van der Waals surface area contributed by atoms with Gasteiger partial charge in [0.25, 0.3) is 0 Å². The van der Waals surface area contributed by atoms with Crippen LogP contribution >= 0.6 is 0 Å². The van der Waals surface area contributed by atoms with Gasteiger partial charge in [-0.15, -0.1) is 6.58 Å². The van der Waals surface area contributed by atoms with E-state index in [1.54, 1.807) is 0 Å². The van der Waals surface area contributed by atoms with Crippen LogP contribution in [0.1, 0.15) is 45.4 Å². The van der Waals surface area contributed by atoms with Gasteiger partial charge in [-0.3, -0.25) is 4.79 Å². The Kier molecular flexibility index (Phi) is 5.53. The van der Waals surface area contributed by atoms with E-state index in [9.17, 15) is 4.79 Å². The van der Waals surface area contributed by atoms with Crippen molar-refractivity contribution >= 4 is 5.91 Å². The fourth-order valence-electron chi connectivity index (χ4n) is 2.42. The average molecular weight is 224 g/mol. The summed E-state index contributed by atoms with van der Waals surface area (Å²) in [5.74, 6) is 0.267. The van der Waals surface area contributed by atoms with E-state index in [0.717, 1.165) is 38.6 Å².